The van der Waals surface area contributed by atoms with E-state index in [1.165, 1.54) is 0 Å². The van der Waals surface area contributed by atoms with Crippen LogP contribution in [0.5, 0.6) is 0 Å². The summed E-state index contributed by atoms with van der Waals surface area (Å²) in [5.74, 6) is 2.58. The molecule has 0 aliphatic heterocycles. The predicted molar refractivity (Wildman–Crippen MR) is 40.7 cm³/mol. The highest BCUT2D eigenvalue weighted by molar-refractivity contribution is 5.91. The highest BCUT2D eigenvalue weighted by atomic mass is 16.1. The molecule has 0 aliphatic carbocycles. The number of anilines is 1. The van der Waals surface area contributed by atoms with Crippen LogP contribution in [0.4, 0.5) is 5.82 Å². The fourth-order valence-electron chi connectivity index (χ4n) is 0.613. The molecule has 0 aliphatic rings. The Morgan fingerprint density at radius 2 is 2.73 bits per heavy atom. The van der Waals surface area contributed by atoms with E-state index in [0.717, 1.165) is 0 Å². The summed E-state index contributed by atoms with van der Waals surface area (Å²) >= 11 is 0. The second-order valence-electron chi connectivity index (χ2n) is 1.90. The highest BCUT2D eigenvalue weighted by Crippen LogP contribution is 1.98. The molecule has 0 saturated heterocycles. The monoisotopic (exact) mass is 149 g/mol. The molecule has 1 aromatic heterocycles. The fraction of sp³-hybridized carbons (Fsp3) is 0.143. The largest absolute Gasteiger partial charge is 0.310 e. The van der Waals surface area contributed by atoms with Gasteiger partial charge in [0, 0.05) is 6.07 Å². The maximum Gasteiger partial charge on any atom is 0.237 e. The quantitative estimate of drug-likeness (QED) is 0.597. The molecule has 4 nitrogen and oxygen atoms in total. The molecule has 0 fully saturated rings. The third-order valence-electron chi connectivity index (χ3n) is 1.04. The number of nitrogens with zero attached hydrogens (tertiary/aromatic N) is 1. The molecule has 11 heavy (non-hydrogen) atoms. The van der Waals surface area contributed by atoms with E-state index in [9.17, 15) is 4.79 Å². The number of aromatic amines is 1. The van der Waals surface area contributed by atoms with Crippen molar-refractivity contribution >= 4 is 11.7 Å². The zero-order valence-corrected chi connectivity index (χ0v) is 5.79. The Balaban J connectivity index is 2.45. The summed E-state index contributed by atoms with van der Waals surface area (Å²) in [7, 11) is 0. The predicted octanol–water partition coefficient (Wildman–Crippen LogP) is 0.371. The minimum Gasteiger partial charge on any atom is -0.310 e. The molecular weight excluding hydrogens is 142 g/mol. The van der Waals surface area contributed by atoms with Crippen molar-refractivity contribution in [3.8, 4) is 12.3 Å². The van der Waals surface area contributed by atoms with Gasteiger partial charge in [-0.1, -0.05) is 5.92 Å². The summed E-state index contributed by atoms with van der Waals surface area (Å²) in [5.41, 5.74) is 0. The van der Waals surface area contributed by atoms with Gasteiger partial charge >= 0.3 is 0 Å². The van der Waals surface area contributed by atoms with E-state index in [4.69, 9.17) is 6.42 Å². The standard InChI is InChI=1S/C7H7N3O/c1-2-3-7(11)9-6-4-5-8-10-6/h1,4-5H,3H2,(H2,8,9,10,11). The number of hydrogen-bond acceptors (Lipinski definition) is 2. The number of nitrogens with one attached hydrogen (secondary N) is 2. The van der Waals surface area contributed by atoms with Crippen LogP contribution in [-0.2, 0) is 4.79 Å². The fourth-order valence-corrected chi connectivity index (χ4v) is 0.613. The molecule has 0 spiro atoms. The molecule has 1 heterocycles. The van der Waals surface area contributed by atoms with Gasteiger partial charge in [0.1, 0.15) is 5.82 Å². The number of rotatable bonds is 2. The van der Waals surface area contributed by atoms with Gasteiger partial charge in [0.05, 0.1) is 12.6 Å². The lowest BCUT2D eigenvalue weighted by Crippen LogP contribution is -2.10. The number of carbonyl (C=O) groups is 1. The van der Waals surface area contributed by atoms with E-state index in [2.05, 4.69) is 21.4 Å². The Bertz CT molecular complexity index is 270. The summed E-state index contributed by atoms with van der Waals surface area (Å²) in [6.45, 7) is 0. The van der Waals surface area contributed by atoms with Crippen LogP contribution in [0, 0.1) is 12.3 Å². The number of amides is 1. The molecule has 1 aromatic rings. The summed E-state index contributed by atoms with van der Waals surface area (Å²) in [6.07, 6.45) is 6.55. The van der Waals surface area contributed by atoms with Gasteiger partial charge < -0.3 is 5.32 Å². The first-order valence-electron chi connectivity index (χ1n) is 3.05. The van der Waals surface area contributed by atoms with Crippen LogP contribution in [0.25, 0.3) is 0 Å². The minimum absolute atomic E-state index is 0.0824. The molecule has 0 unspecified atom stereocenters. The average Bonchev–Trinajstić information content (AvgIpc) is 2.40. The first-order chi connectivity index (χ1) is 5.33. The summed E-state index contributed by atoms with van der Waals surface area (Å²) in [6, 6.07) is 1.65. The minimum atomic E-state index is -0.211. The van der Waals surface area contributed by atoms with Gasteiger partial charge in [-0.2, -0.15) is 5.10 Å². The van der Waals surface area contributed by atoms with Crippen molar-refractivity contribution in [2.24, 2.45) is 0 Å². The third kappa shape index (κ3) is 2.14. The number of carbonyl (C=O) groups excluding carboxylic acids is 1. The van der Waals surface area contributed by atoms with Crippen LogP contribution >= 0.6 is 0 Å². The van der Waals surface area contributed by atoms with E-state index >= 15 is 0 Å². The van der Waals surface area contributed by atoms with Crippen molar-refractivity contribution in [2.45, 2.75) is 6.42 Å². The highest BCUT2D eigenvalue weighted by Gasteiger charge is 1.98. The van der Waals surface area contributed by atoms with Gasteiger partial charge in [-0.3, -0.25) is 9.89 Å². The first kappa shape index (κ1) is 7.35. The van der Waals surface area contributed by atoms with E-state index in [0.29, 0.717) is 5.82 Å². The molecule has 1 amide bonds. The first-order valence-corrected chi connectivity index (χ1v) is 3.05. The number of aromatic nitrogens is 2. The zero-order chi connectivity index (χ0) is 8.10. The number of terminal acetylenes is 1. The van der Waals surface area contributed by atoms with Crippen molar-refractivity contribution in [2.75, 3.05) is 5.32 Å². The lowest BCUT2D eigenvalue weighted by atomic mass is 10.4. The molecule has 0 atom stereocenters. The maximum absolute atomic E-state index is 10.8. The lowest BCUT2D eigenvalue weighted by Gasteiger charge is -1.95. The topological polar surface area (TPSA) is 57.8 Å². The van der Waals surface area contributed by atoms with Gasteiger partial charge in [0.2, 0.25) is 5.91 Å². The van der Waals surface area contributed by atoms with Crippen LogP contribution in [-0.4, -0.2) is 16.1 Å². The average molecular weight is 149 g/mol. The normalized spacial score (nSPS) is 8.64. The molecule has 56 valence electrons. The van der Waals surface area contributed by atoms with E-state index in [-0.39, 0.29) is 12.3 Å². The Hall–Kier alpha value is -1.76. The number of hydrogen-bond donors (Lipinski definition) is 2. The van der Waals surface area contributed by atoms with Crippen LogP contribution in [0.1, 0.15) is 6.42 Å². The van der Waals surface area contributed by atoms with E-state index in [1.54, 1.807) is 12.3 Å². The van der Waals surface area contributed by atoms with Crippen molar-refractivity contribution in [3.05, 3.63) is 12.3 Å². The molecule has 0 bridgehead atoms. The third-order valence-corrected chi connectivity index (χ3v) is 1.04. The van der Waals surface area contributed by atoms with Crippen molar-refractivity contribution in [3.63, 3.8) is 0 Å². The summed E-state index contributed by atoms with van der Waals surface area (Å²) in [4.78, 5) is 10.8. The van der Waals surface area contributed by atoms with Gasteiger partial charge in [-0.25, -0.2) is 0 Å². The maximum atomic E-state index is 10.8. The molecule has 0 radical (unpaired) electrons. The molecule has 2 N–H and O–H groups in total. The second-order valence-corrected chi connectivity index (χ2v) is 1.90. The van der Waals surface area contributed by atoms with Crippen LogP contribution in [0.3, 0.4) is 0 Å². The zero-order valence-electron chi connectivity index (χ0n) is 5.79. The van der Waals surface area contributed by atoms with Gasteiger partial charge in [-0.05, 0) is 0 Å². The second kappa shape index (κ2) is 3.42. The van der Waals surface area contributed by atoms with Crippen LogP contribution in [0.2, 0.25) is 0 Å². The molecule has 4 heteroatoms. The molecule has 0 saturated carbocycles. The van der Waals surface area contributed by atoms with E-state index < -0.39 is 0 Å². The smallest absolute Gasteiger partial charge is 0.237 e. The molecule has 0 aromatic carbocycles. The summed E-state index contributed by atoms with van der Waals surface area (Å²) in [5, 5.41) is 8.74. The molecular formula is C7H7N3O. The van der Waals surface area contributed by atoms with Gasteiger partial charge in [-0.15, -0.1) is 6.42 Å². The Kier molecular flexibility index (Phi) is 2.28. The van der Waals surface area contributed by atoms with E-state index in [1.807, 2.05) is 0 Å². The SMILES string of the molecule is C#CCC(=O)Nc1ccn[nH]1. The van der Waals surface area contributed by atoms with Gasteiger partial charge in [0.15, 0.2) is 0 Å². The van der Waals surface area contributed by atoms with Crippen molar-refractivity contribution in [1.82, 2.24) is 10.2 Å². The van der Waals surface area contributed by atoms with Crippen LogP contribution in [0.15, 0.2) is 12.3 Å². The Morgan fingerprint density at radius 3 is 3.27 bits per heavy atom. The van der Waals surface area contributed by atoms with Crippen molar-refractivity contribution < 1.29 is 4.79 Å². The molecule has 1 rings (SSSR count). The van der Waals surface area contributed by atoms with Crippen molar-refractivity contribution in [1.29, 1.82) is 0 Å². The number of H-pyrrole nitrogens is 1. The Labute approximate surface area is 64.0 Å². The van der Waals surface area contributed by atoms with Gasteiger partial charge in [0.25, 0.3) is 0 Å². The summed E-state index contributed by atoms with van der Waals surface area (Å²) < 4.78 is 0. The van der Waals surface area contributed by atoms with Crippen LogP contribution < -0.4 is 5.32 Å². The lowest BCUT2D eigenvalue weighted by molar-refractivity contribution is -0.115. The Morgan fingerprint density at radius 1 is 1.91 bits per heavy atom.